The van der Waals surface area contributed by atoms with Crippen LogP contribution in [0.25, 0.3) is 17.0 Å². The van der Waals surface area contributed by atoms with Gasteiger partial charge in [0.2, 0.25) is 27.9 Å². The van der Waals surface area contributed by atoms with Gasteiger partial charge in [-0.05, 0) is 25.1 Å². The van der Waals surface area contributed by atoms with Crippen LogP contribution in [0.4, 0.5) is 20.7 Å². The fourth-order valence-corrected chi connectivity index (χ4v) is 7.91. The molecule has 3 fully saturated rings. The van der Waals surface area contributed by atoms with Crippen LogP contribution in [0, 0.1) is 0 Å². The predicted molar refractivity (Wildman–Crippen MR) is 174 cm³/mol. The van der Waals surface area contributed by atoms with Gasteiger partial charge in [0.15, 0.2) is 17.3 Å². The van der Waals surface area contributed by atoms with Gasteiger partial charge in [0.05, 0.1) is 51.1 Å². The van der Waals surface area contributed by atoms with Crippen molar-refractivity contribution in [1.29, 1.82) is 0 Å². The van der Waals surface area contributed by atoms with Gasteiger partial charge in [0.1, 0.15) is 5.52 Å². The first-order chi connectivity index (χ1) is 23.4. The summed E-state index contributed by atoms with van der Waals surface area (Å²) in [4.78, 5) is 23.8. The molecule has 6 rings (SSSR count). The fraction of sp³-hybridized carbons (Fsp3) is 0.643. The predicted octanol–water partition coefficient (Wildman–Crippen LogP) is 0.506. The number of alkyl halides is 2. The van der Waals surface area contributed by atoms with Crippen LogP contribution in [0.3, 0.4) is 0 Å². The molecule has 49 heavy (non-hydrogen) atoms. The van der Waals surface area contributed by atoms with Crippen LogP contribution in [0.2, 0.25) is 0 Å². The number of morpholine rings is 2. The Morgan fingerprint density at radius 2 is 1.41 bits per heavy atom. The Balaban J connectivity index is 1.30. The molecule has 0 atom stereocenters. The lowest BCUT2D eigenvalue weighted by Crippen LogP contribution is -2.50. The van der Waals surface area contributed by atoms with Crippen LogP contribution >= 0.6 is 0 Å². The highest BCUT2D eigenvalue weighted by molar-refractivity contribution is 7.89. The van der Waals surface area contributed by atoms with E-state index in [1.54, 1.807) is 4.90 Å². The maximum absolute atomic E-state index is 14.6. The van der Waals surface area contributed by atoms with E-state index in [1.165, 1.54) is 23.5 Å². The van der Waals surface area contributed by atoms with Crippen LogP contribution in [-0.4, -0.2) is 155 Å². The van der Waals surface area contributed by atoms with Crippen molar-refractivity contribution in [2.45, 2.75) is 12.8 Å². The highest BCUT2D eigenvalue weighted by atomic mass is 32.2. The van der Waals surface area contributed by atoms with E-state index in [1.807, 2.05) is 4.90 Å². The van der Waals surface area contributed by atoms with Gasteiger partial charge in [-0.15, -0.1) is 0 Å². The van der Waals surface area contributed by atoms with E-state index in [-0.39, 0.29) is 72.3 Å². The van der Waals surface area contributed by atoms with E-state index >= 15 is 0 Å². The number of methoxy groups -OCH3 is 1. The number of hydrogen-bond donors (Lipinski definition) is 0. The maximum atomic E-state index is 14.6. The van der Waals surface area contributed by atoms with Crippen molar-refractivity contribution >= 4 is 43.1 Å². The zero-order valence-corrected chi connectivity index (χ0v) is 28.8. The van der Waals surface area contributed by atoms with Gasteiger partial charge in [0, 0.05) is 52.4 Å². The summed E-state index contributed by atoms with van der Waals surface area (Å²) in [7, 11) is -6.23. The summed E-state index contributed by atoms with van der Waals surface area (Å²) in [6, 6.07) is 2.65. The molecule has 2 aromatic heterocycles. The number of anilines is 2. The second kappa shape index (κ2) is 14.8. The molecule has 0 saturated carbocycles. The SMILES string of the molecule is COc1c(OS(C)(=O)=O)ccc2c1nc(C(F)F)n2-c1nc(N2CCOCC2)nc(N2CCN(S(=O)(=O)CCCN3CCOCC3)CC2)n1. The molecular weight excluding hydrogens is 692 g/mol. The largest absolute Gasteiger partial charge is 0.491 e. The summed E-state index contributed by atoms with van der Waals surface area (Å²) in [5.41, 5.74) is 0.0346. The van der Waals surface area contributed by atoms with Gasteiger partial charge in [-0.1, -0.05) is 0 Å². The first-order valence-corrected chi connectivity index (χ1v) is 19.2. The number of nitrogens with zero attached hydrogens (tertiary/aromatic N) is 9. The Bertz CT molecular complexity index is 1850. The number of fused-ring (bicyclic) bond motifs is 1. The zero-order chi connectivity index (χ0) is 34.8. The van der Waals surface area contributed by atoms with E-state index in [2.05, 4.69) is 24.8 Å². The van der Waals surface area contributed by atoms with Gasteiger partial charge >= 0.3 is 10.1 Å². The van der Waals surface area contributed by atoms with Crippen LogP contribution in [0.5, 0.6) is 11.5 Å². The maximum Gasteiger partial charge on any atom is 0.306 e. The molecule has 0 aliphatic carbocycles. The molecule has 1 aromatic carbocycles. The number of hydrogen-bond acceptors (Lipinski definition) is 15. The molecule has 3 aromatic rings. The molecule has 0 spiro atoms. The smallest absolute Gasteiger partial charge is 0.306 e. The molecule has 3 aliphatic rings. The Kier molecular flexibility index (Phi) is 10.7. The van der Waals surface area contributed by atoms with Gasteiger partial charge in [0.25, 0.3) is 6.43 Å². The summed E-state index contributed by atoms with van der Waals surface area (Å²) in [5.74, 6) is -0.791. The molecule has 0 N–H and O–H groups in total. The van der Waals surface area contributed by atoms with Crippen LogP contribution in [-0.2, 0) is 29.6 Å². The second-order valence-corrected chi connectivity index (χ2v) is 15.4. The third-order valence-corrected chi connectivity index (χ3v) is 10.8. The third-order valence-electron chi connectivity index (χ3n) is 8.40. The van der Waals surface area contributed by atoms with Crippen LogP contribution in [0.15, 0.2) is 12.1 Å². The van der Waals surface area contributed by atoms with E-state index in [0.717, 1.165) is 23.9 Å². The fourth-order valence-electron chi connectivity index (χ4n) is 5.98. The number of ether oxygens (including phenoxy) is 3. The normalized spacial score (nSPS) is 18.8. The van der Waals surface area contributed by atoms with Crippen molar-refractivity contribution in [2.24, 2.45) is 0 Å². The molecule has 17 nitrogen and oxygen atoms in total. The van der Waals surface area contributed by atoms with Gasteiger partial charge < -0.3 is 28.2 Å². The number of sulfonamides is 1. The molecule has 0 bridgehead atoms. The highest BCUT2D eigenvalue weighted by Crippen LogP contribution is 2.39. The molecule has 270 valence electrons. The van der Waals surface area contributed by atoms with Crippen molar-refractivity contribution in [3.63, 3.8) is 0 Å². The molecule has 0 radical (unpaired) electrons. The molecule has 0 unspecified atom stereocenters. The Hall–Kier alpha value is -3.50. The summed E-state index contributed by atoms with van der Waals surface area (Å²) < 4.78 is 103. The zero-order valence-electron chi connectivity index (χ0n) is 27.2. The number of piperazine rings is 1. The lowest BCUT2D eigenvalue weighted by atomic mass is 10.2. The summed E-state index contributed by atoms with van der Waals surface area (Å²) in [6.07, 6.45) is -1.72. The lowest BCUT2D eigenvalue weighted by molar-refractivity contribution is 0.0380. The average Bonchev–Trinajstić information content (AvgIpc) is 3.48. The lowest BCUT2D eigenvalue weighted by Gasteiger charge is -2.35. The van der Waals surface area contributed by atoms with Gasteiger partial charge in [-0.2, -0.15) is 27.7 Å². The third kappa shape index (κ3) is 8.12. The summed E-state index contributed by atoms with van der Waals surface area (Å²) in [5, 5.41) is 0. The quantitative estimate of drug-likeness (QED) is 0.236. The summed E-state index contributed by atoms with van der Waals surface area (Å²) in [6.45, 7) is 6.21. The van der Waals surface area contributed by atoms with E-state index < -0.39 is 32.4 Å². The number of benzene rings is 1. The molecular formula is C28H39F2N9O8S2. The van der Waals surface area contributed by atoms with Crippen LogP contribution in [0.1, 0.15) is 18.7 Å². The molecule has 0 amide bonds. The number of halogens is 2. The summed E-state index contributed by atoms with van der Waals surface area (Å²) >= 11 is 0. The van der Waals surface area contributed by atoms with Crippen LogP contribution < -0.4 is 18.7 Å². The number of imidazole rings is 1. The monoisotopic (exact) mass is 731 g/mol. The number of aromatic nitrogens is 5. The Labute approximate surface area is 282 Å². The van der Waals surface area contributed by atoms with Gasteiger partial charge in [-0.3, -0.25) is 9.47 Å². The highest BCUT2D eigenvalue weighted by Gasteiger charge is 2.31. The van der Waals surface area contributed by atoms with E-state index in [4.69, 9.17) is 18.4 Å². The topological polar surface area (TPSA) is 175 Å². The van der Waals surface area contributed by atoms with E-state index in [9.17, 15) is 25.6 Å². The minimum absolute atomic E-state index is 0.0337. The molecule has 5 heterocycles. The standard InChI is InChI=1S/C28H39F2N9O8S2/c1-44-23-21(47-48(2,40)41)5-4-20-22(23)31-25(24(29)30)39(20)28-33-26(32-27(34-28)37-13-17-46-18-14-37)36-7-9-38(10-8-36)49(42,43)19-3-6-35-11-15-45-16-12-35/h4-5,24H,3,6-19H2,1-2H3. The minimum atomic E-state index is -3.97. The van der Waals surface area contributed by atoms with Crippen molar-refractivity contribution in [1.82, 2.24) is 33.7 Å². The van der Waals surface area contributed by atoms with Gasteiger partial charge in [-0.25, -0.2) is 22.2 Å². The Morgan fingerprint density at radius 1 is 0.816 bits per heavy atom. The molecule has 3 saturated heterocycles. The molecule has 21 heteroatoms. The average molecular weight is 732 g/mol. The van der Waals surface area contributed by atoms with Crippen molar-refractivity contribution in [3.8, 4) is 17.4 Å². The van der Waals surface area contributed by atoms with Crippen molar-refractivity contribution in [2.75, 3.05) is 114 Å². The first kappa shape index (κ1) is 35.3. The molecule has 3 aliphatic heterocycles. The second-order valence-electron chi connectivity index (χ2n) is 11.7. The Morgan fingerprint density at radius 3 is 2.00 bits per heavy atom. The van der Waals surface area contributed by atoms with Crippen molar-refractivity contribution in [3.05, 3.63) is 18.0 Å². The van der Waals surface area contributed by atoms with E-state index in [0.29, 0.717) is 52.5 Å². The number of rotatable bonds is 12. The first-order valence-electron chi connectivity index (χ1n) is 15.8. The van der Waals surface area contributed by atoms with Crippen molar-refractivity contribution < 1.29 is 44.0 Å². The minimum Gasteiger partial charge on any atom is -0.491 e.